The number of hydrazone groups is 1. The number of nitrogens with one attached hydrogen (secondary N) is 1. The van der Waals surface area contributed by atoms with Gasteiger partial charge in [-0.05, 0) is 48.9 Å². The fourth-order valence-corrected chi connectivity index (χ4v) is 3.91. The normalized spacial score (nSPS) is 11.8. The molecule has 0 spiro atoms. The number of aromatic hydroxyl groups is 1. The summed E-state index contributed by atoms with van der Waals surface area (Å²) < 4.78 is 32.0. The van der Waals surface area contributed by atoms with Crippen molar-refractivity contribution >= 4 is 38.1 Å². The first-order valence-corrected chi connectivity index (χ1v) is 10.3. The molecule has 0 radical (unpaired) electrons. The lowest BCUT2D eigenvalue weighted by molar-refractivity contribution is -0.121. The Morgan fingerprint density at radius 3 is 2.68 bits per heavy atom. The molecule has 8 nitrogen and oxygen atoms in total. The van der Waals surface area contributed by atoms with Crippen molar-refractivity contribution in [2.45, 2.75) is 11.8 Å². The zero-order chi connectivity index (χ0) is 20.9. The van der Waals surface area contributed by atoms with Gasteiger partial charge in [-0.15, -0.1) is 0 Å². The Bertz CT molecular complexity index is 1010. The smallest absolute Gasteiger partial charge is 0.255 e. The van der Waals surface area contributed by atoms with Crippen LogP contribution in [0, 0.1) is 6.92 Å². The predicted octanol–water partition coefficient (Wildman–Crippen LogP) is 2.24. The highest BCUT2D eigenvalue weighted by Gasteiger charge is 2.23. The van der Waals surface area contributed by atoms with Gasteiger partial charge < -0.3 is 9.84 Å². The van der Waals surface area contributed by atoms with E-state index < -0.39 is 22.5 Å². The first kappa shape index (κ1) is 21.9. The molecule has 0 unspecified atom stereocenters. The summed E-state index contributed by atoms with van der Waals surface area (Å²) >= 11 is 3.27. The number of hydrogen-bond acceptors (Lipinski definition) is 6. The van der Waals surface area contributed by atoms with Crippen LogP contribution in [0.3, 0.4) is 0 Å². The molecule has 2 aromatic carbocycles. The zero-order valence-corrected chi connectivity index (χ0v) is 17.9. The number of methoxy groups -OCH3 is 1. The Labute approximate surface area is 172 Å². The van der Waals surface area contributed by atoms with Gasteiger partial charge in [-0.1, -0.05) is 15.9 Å². The second kappa shape index (κ2) is 9.18. The molecule has 0 aromatic heterocycles. The van der Waals surface area contributed by atoms with Gasteiger partial charge in [-0.2, -0.15) is 9.41 Å². The third-order valence-electron chi connectivity index (χ3n) is 3.82. The monoisotopic (exact) mass is 469 g/mol. The highest BCUT2D eigenvalue weighted by atomic mass is 79.9. The van der Waals surface area contributed by atoms with E-state index in [9.17, 15) is 18.3 Å². The second-order valence-electron chi connectivity index (χ2n) is 5.89. The van der Waals surface area contributed by atoms with Crippen LogP contribution in [0.1, 0.15) is 11.1 Å². The molecule has 0 aliphatic rings. The molecule has 0 saturated carbocycles. The molecule has 0 bridgehead atoms. The van der Waals surface area contributed by atoms with Crippen molar-refractivity contribution in [1.29, 1.82) is 0 Å². The van der Waals surface area contributed by atoms with Crippen molar-refractivity contribution < 1.29 is 23.1 Å². The Balaban J connectivity index is 2.03. The number of aryl methyl sites for hydroxylation is 1. The number of phenolic OH excluding ortho intramolecular Hbond substituents is 1. The third-order valence-corrected chi connectivity index (χ3v) is 6.12. The van der Waals surface area contributed by atoms with E-state index in [1.54, 1.807) is 25.1 Å². The number of ether oxygens (including phenoxy) is 1. The number of carbonyl (C=O) groups excluding carboxylic acids is 1. The van der Waals surface area contributed by atoms with E-state index in [2.05, 4.69) is 26.5 Å². The topological polar surface area (TPSA) is 108 Å². The molecule has 0 atom stereocenters. The Morgan fingerprint density at radius 2 is 2.04 bits per heavy atom. The summed E-state index contributed by atoms with van der Waals surface area (Å²) in [5.74, 6) is -0.0534. The van der Waals surface area contributed by atoms with Crippen LogP contribution in [-0.2, 0) is 14.8 Å². The summed E-state index contributed by atoms with van der Waals surface area (Å²) in [5, 5.41) is 13.5. The van der Waals surface area contributed by atoms with Crippen LogP contribution >= 0.6 is 15.9 Å². The fourth-order valence-electron chi connectivity index (χ4n) is 2.32. The summed E-state index contributed by atoms with van der Waals surface area (Å²) in [7, 11) is -1.05. The van der Waals surface area contributed by atoms with E-state index >= 15 is 0 Å². The zero-order valence-electron chi connectivity index (χ0n) is 15.5. The van der Waals surface area contributed by atoms with Crippen LogP contribution in [0.2, 0.25) is 0 Å². The van der Waals surface area contributed by atoms with Crippen molar-refractivity contribution in [3.8, 4) is 11.5 Å². The minimum atomic E-state index is -3.85. The number of nitrogens with zero attached hydrogens (tertiary/aromatic N) is 2. The molecule has 2 rings (SSSR count). The Kier molecular flexibility index (Phi) is 7.17. The van der Waals surface area contributed by atoms with Gasteiger partial charge in [0, 0.05) is 17.1 Å². The summed E-state index contributed by atoms with van der Waals surface area (Å²) in [5.41, 5.74) is 3.30. The second-order valence-corrected chi connectivity index (χ2v) is 8.85. The number of hydrogen-bond donors (Lipinski definition) is 2. The van der Waals surface area contributed by atoms with E-state index in [4.69, 9.17) is 4.74 Å². The first-order chi connectivity index (χ1) is 13.1. The summed E-state index contributed by atoms with van der Waals surface area (Å²) in [6, 6.07) is 9.22. The molecule has 0 heterocycles. The minimum absolute atomic E-state index is 0.00392. The van der Waals surface area contributed by atoms with Crippen LogP contribution in [0.15, 0.2) is 50.9 Å². The maximum atomic E-state index is 12.6. The maximum Gasteiger partial charge on any atom is 0.255 e. The largest absolute Gasteiger partial charge is 0.507 e. The van der Waals surface area contributed by atoms with Crippen LogP contribution < -0.4 is 10.2 Å². The number of amides is 1. The number of carbonyl (C=O) groups is 1. The SMILES string of the molecule is COc1ccc(S(=O)(=O)N(C)CC(=O)NN=Cc2cc(Br)ccc2O)cc1C. The highest BCUT2D eigenvalue weighted by Crippen LogP contribution is 2.23. The quantitative estimate of drug-likeness (QED) is 0.477. The number of halogens is 1. The average molecular weight is 470 g/mol. The molecule has 150 valence electrons. The molecule has 1 amide bonds. The van der Waals surface area contributed by atoms with Gasteiger partial charge in [0.1, 0.15) is 11.5 Å². The standard InChI is InChI=1S/C18H20BrN3O5S/c1-12-8-15(5-7-17(12)27-3)28(25,26)22(2)11-18(24)21-20-10-13-9-14(19)4-6-16(13)23/h4-10,23H,11H2,1-3H3,(H,21,24). The summed E-state index contributed by atoms with van der Waals surface area (Å²) in [4.78, 5) is 12.1. The van der Waals surface area contributed by atoms with Crippen molar-refractivity contribution in [2.75, 3.05) is 20.7 Å². The lowest BCUT2D eigenvalue weighted by atomic mass is 10.2. The van der Waals surface area contributed by atoms with E-state index in [-0.39, 0.29) is 10.6 Å². The number of likely N-dealkylation sites (N-methyl/N-ethyl adjacent to an activating group) is 1. The average Bonchev–Trinajstić information content (AvgIpc) is 2.64. The van der Waals surface area contributed by atoms with Crippen molar-refractivity contribution in [3.63, 3.8) is 0 Å². The highest BCUT2D eigenvalue weighted by molar-refractivity contribution is 9.10. The van der Waals surface area contributed by atoms with Gasteiger partial charge in [0.15, 0.2) is 0 Å². The molecule has 0 saturated heterocycles. The lowest BCUT2D eigenvalue weighted by Crippen LogP contribution is -2.36. The Morgan fingerprint density at radius 1 is 1.32 bits per heavy atom. The molecule has 0 aliphatic carbocycles. The molecule has 2 N–H and O–H groups in total. The molecular weight excluding hydrogens is 450 g/mol. The van der Waals surface area contributed by atoms with Gasteiger partial charge in [0.2, 0.25) is 10.0 Å². The predicted molar refractivity (Wildman–Crippen MR) is 109 cm³/mol. The number of sulfonamides is 1. The minimum Gasteiger partial charge on any atom is -0.507 e. The van der Waals surface area contributed by atoms with Crippen molar-refractivity contribution in [3.05, 3.63) is 52.0 Å². The molecular formula is C18H20BrN3O5S. The maximum absolute atomic E-state index is 12.6. The summed E-state index contributed by atoms with van der Waals surface area (Å²) in [6.45, 7) is 1.31. The van der Waals surface area contributed by atoms with Crippen molar-refractivity contribution in [2.24, 2.45) is 5.10 Å². The fraction of sp³-hybridized carbons (Fsp3) is 0.222. The number of phenols is 1. The van der Waals surface area contributed by atoms with E-state index in [1.165, 1.54) is 38.6 Å². The Hall–Kier alpha value is -2.43. The van der Waals surface area contributed by atoms with Crippen LogP contribution in [0.4, 0.5) is 0 Å². The third kappa shape index (κ3) is 5.31. The van der Waals surface area contributed by atoms with Gasteiger partial charge in [-0.3, -0.25) is 4.79 Å². The number of benzene rings is 2. The molecule has 2 aromatic rings. The summed E-state index contributed by atoms with van der Waals surface area (Å²) in [6.07, 6.45) is 1.26. The van der Waals surface area contributed by atoms with Gasteiger partial charge >= 0.3 is 0 Å². The molecule has 10 heteroatoms. The molecule has 28 heavy (non-hydrogen) atoms. The van der Waals surface area contributed by atoms with Crippen LogP contribution in [0.25, 0.3) is 0 Å². The number of rotatable bonds is 7. The molecule has 0 aliphatic heterocycles. The van der Waals surface area contributed by atoms with Crippen LogP contribution in [0.5, 0.6) is 11.5 Å². The van der Waals surface area contributed by atoms with Gasteiger partial charge in [0.25, 0.3) is 5.91 Å². The van der Waals surface area contributed by atoms with Gasteiger partial charge in [-0.25, -0.2) is 13.8 Å². The van der Waals surface area contributed by atoms with E-state index in [0.29, 0.717) is 16.9 Å². The van der Waals surface area contributed by atoms with Crippen molar-refractivity contribution in [1.82, 2.24) is 9.73 Å². The van der Waals surface area contributed by atoms with E-state index in [1.807, 2.05) is 0 Å². The molecule has 0 fully saturated rings. The van der Waals surface area contributed by atoms with E-state index in [0.717, 1.165) is 8.78 Å². The van der Waals surface area contributed by atoms with Crippen LogP contribution in [-0.4, -0.2) is 50.7 Å². The van der Waals surface area contributed by atoms with Gasteiger partial charge in [0.05, 0.1) is 24.8 Å². The first-order valence-electron chi connectivity index (χ1n) is 8.06. The lowest BCUT2D eigenvalue weighted by Gasteiger charge is -2.17.